The van der Waals surface area contributed by atoms with Gasteiger partial charge >= 0.3 is 0 Å². The standard InChI is InChI=1S/C12H21N3O2/c1-9(2)3-5-17-6-4-14-12(16)11-7-10(13)8-15-11/h7-9,15H,3-6,13H2,1-2H3,(H,14,16). The summed E-state index contributed by atoms with van der Waals surface area (Å²) >= 11 is 0. The molecule has 1 amide bonds. The van der Waals surface area contributed by atoms with E-state index in [0.29, 0.717) is 30.5 Å². The molecule has 0 aliphatic rings. The van der Waals surface area contributed by atoms with Gasteiger partial charge in [0.2, 0.25) is 0 Å². The number of nitrogens with two attached hydrogens (primary N) is 1. The molecule has 0 saturated heterocycles. The van der Waals surface area contributed by atoms with E-state index in [-0.39, 0.29) is 5.91 Å². The molecule has 5 nitrogen and oxygen atoms in total. The number of hydrogen-bond donors (Lipinski definition) is 3. The number of ether oxygens (including phenoxy) is 1. The van der Waals surface area contributed by atoms with Gasteiger partial charge in [-0.3, -0.25) is 4.79 Å². The first kappa shape index (κ1) is 13.6. The van der Waals surface area contributed by atoms with Gasteiger partial charge < -0.3 is 20.8 Å². The SMILES string of the molecule is CC(C)CCOCCNC(=O)c1cc(N)c[nH]1. The zero-order chi connectivity index (χ0) is 12.7. The van der Waals surface area contributed by atoms with Crippen molar-refractivity contribution in [2.45, 2.75) is 20.3 Å². The van der Waals surface area contributed by atoms with Crippen LogP contribution >= 0.6 is 0 Å². The number of H-pyrrole nitrogens is 1. The van der Waals surface area contributed by atoms with Crippen molar-refractivity contribution in [2.24, 2.45) is 5.92 Å². The molecule has 96 valence electrons. The maximum Gasteiger partial charge on any atom is 0.267 e. The molecule has 17 heavy (non-hydrogen) atoms. The second-order valence-electron chi connectivity index (χ2n) is 4.40. The Balaban J connectivity index is 2.09. The van der Waals surface area contributed by atoms with Crippen LogP contribution in [0.25, 0.3) is 0 Å². The van der Waals surface area contributed by atoms with Crippen LogP contribution in [0.5, 0.6) is 0 Å². The average molecular weight is 239 g/mol. The van der Waals surface area contributed by atoms with Gasteiger partial charge in [0.25, 0.3) is 5.91 Å². The summed E-state index contributed by atoms with van der Waals surface area (Å²) in [6.07, 6.45) is 2.63. The number of anilines is 1. The largest absolute Gasteiger partial charge is 0.397 e. The van der Waals surface area contributed by atoms with E-state index in [1.165, 1.54) is 0 Å². The van der Waals surface area contributed by atoms with Gasteiger partial charge in [0.05, 0.1) is 6.61 Å². The van der Waals surface area contributed by atoms with Crippen LogP contribution in [0, 0.1) is 5.92 Å². The second-order valence-corrected chi connectivity index (χ2v) is 4.40. The molecule has 1 aromatic rings. The van der Waals surface area contributed by atoms with Gasteiger partial charge in [-0.15, -0.1) is 0 Å². The van der Waals surface area contributed by atoms with Crippen molar-refractivity contribution in [3.05, 3.63) is 18.0 Å². The maximum atomic E-state index is 11.5. The van der Waals surface area contributed by atoms with Crippen LogP contribution < -0.4 is 11.1 Å². The summed E-state index contributed by atoms with van der Waals surface area (Å²) in [4.78, 5) is 14.3. The van der Waals surface area contributed by atoms with Gasteiger partial charge in [0, 0.05) is 25.0 Å². The highest BCUT2D eigenvalue weighted by Crippen LogP contribution is 2.03. The Morgan fingerprint density at radius 3 is 2.88 bits per heavy atom. The molecule has 0 aliphatic carbocycles. The summed E-state index contributed by atoms with van der Waals surface area (Å²) in [5, 5.41) is 2.75. The van der Waals surface area contributed by atoms with Crippen molar-refractivity contribution in [3.8, 4) is 0 Å². The summed E-state index contributed by atoms with van der Waals surface area (Å²) in [7, 11) is 0. The summed E-state index contributed by atoms with van der Waals surface area (Å²) < 4.78 is 5.39. The number of aromatic nitrogens is 1. The van der Waals surface area contributed by atoms with Crippen molar-refractivity contribution in [2.75, 3.05) is 25.5 Å². The lowest BCUT2D eigenvalue weighted by Crippen LogP contribution is -2.27. The van der Waals surface area contributed by atoms with Crippen LogP contribution in [-0.2, 0) is 4.74 Å². The van der Waals surface area contributed by atoms with E-state index >= 15 is 0 Å². The molecule has 0 bridgehead atoms. The normalized spacial score (nSPS) is 10.8. The highest BCUT2D eigenvalue weighted by atomic mass is 16.5. The van der Waals surface area contributed by atoms with Gasteiger partial charge in [-0.1, -0.05) is 13.8 Å². The molecule has 0 saturated carbocycles. The lowest BCUT2D eigenvalue weighted by Gasteiger charge is -2.07. The van der Waals surface area contributed by atoms with Gasteiger partial charge in [0.1, 0.15) is 5.69 Å². The molecule has 0 aromatic carbocycles. The molecule has 0 atom stereocenters. The molecule has 0 radical (unpaired) electrons. The average Bonchev–Trinajstić information content (AvgIpc) is 2.69. The smallest absolute Gasteiger partial charge is 0.267 e. The van der Waals surface area contributed by atoms with E-state index in [1.807, 2.05) is 0 Å². The number of carbonyl (C=O) groups excluding carboxylic acids is 1. The molecule has 0 aliphatic heterocycles. The lowest BCUT2D eigenvalue weighted by atomic mass is 10.1. The predicted octanol–water partition coefficient (Wildman–Crippen LogP) is 1.39. The van der Waals surface area contributed by atoms with E-state index in [4.69, 9.17) is 10.5 Å². The van der Waals surface area contributed by atoms with Crippen molar-refractivity contribution in [3.63, 3.8) is 0 Å². The molecule has 0 unspecified atom stereocenters. The van der Waals surface area contributed by atoms with Crippen molar-refractivity contribution in [1.29, 1.82) is 0 Å². The van der Waals surface area contributed by atoms with Crippen LogP contribution in [0.1, 0.15) is 30.8 Å². The summed E-state index contributed by atoms with van der Waals surface area (Å²) in [6, 6.07) is 1.61. The lowest BCUT2D eigenvalue weighted by molar-refractivity contribution is 0.0902. The van der Waals surface area contributed by atoms with Gasteiger partial charge in [-0.25, -0.2) is 0 Å². The third-order valence-electron chi connectivity index (χ3n) is 2.32. The third kappa shape index (κ3) is 5.40. The van der Waals surface area contributed by atoms with Gasteiger partial charge in [-0.05, 0) is 18.4 Å². The minimum absolute atomic E-state index is 0.158. The fourth-order valence-electron chi connectivity index (χ4n) is 1.30. The third-order valence-corrected chi connectivity index (χ3v) is 2.32. The molecule has 0 spiro atoms. The number of hydrogen-bond acceptors (Lipinski definition) is 3. The minimum Gasteiger partial charge on any atom is -0.397 e. The zero-order valence-electron chi connectivity index (χ0n) is 10.5. The number of nitrogen functional groups attached to an aromatic ring is 1. The van der Waals surface area contributed by atoms with Crippen LogP contribution in [0.3, 0.4) is 0 Å². The van der Waals surface area contributed by atoms with Crippen LogP contribution in [0.4, 0.5) is 5.69 Å². The Morgan fingerprint density at radius 1 is 1.53 bits per heavy atom. The molecule has 4 N–H and O–H groups in total. The van der Waals surface area contributed by atoms with E-state index in [1.54, 1.807) is 12.3 Å². The maximum absolute atomic E-state index is 11.5. The van der Waals surface area contributed by atoms with Crippen molar-refractivity contribution < 1.29 is 9.53 Å². The fourth-order valence-corrected chi connectivity index (χ4v) is 1.30. The first-order chi connectivity index (χ1) is 8.09. The Labute approximate surface area is 102 Å². The number of nitrogens with one attached hydrogen (secondary N) is 2. The quantitative estimate of drug-likeness (QED) is 0.629. The fraction of sp³-hybridized carbons (Fsp3) is 0.583. The number of amides is 1. The minimum atomic E-state index is -0.158. The number of carbonyl (C=O) groups is 1. The molecule has 0 fully saturated rings. The highest BCUT2D eigenvalue weighted by molar-refractivity contribution is 5.93. The first-order valence-corrected chi connectivity index (χ1v) is 5.89. The molecule has 5 heteroatoms. The second kappa shape index (κ2) is 6.96. The molecular weight excluding hydrogens is 218 g/mol. The van der Waals surface area contributed by atoms with Crippen LogP contribution in [0.15, 0.2) is 12.3 Å². The topological polar surface area (TPSA) is 80.1 Å². The highest BCUT2D eigenvalue weighted by Gasteiger charge is 2.06. The predicted molar refractivity (Wildman–Crippen MR) is 67.8 cm³/mol. The Kier molecular flexibility index (Phi) is 5.56. The first-order valence-electron chi connectivity index (χ1n) is 5.89. The number of rotatable bonds is 7. The molecule has 1 rings (SSSR count). The summed E-state index contributed by atoms with van der Waals surface area (Å²) in [6.45, 7) is 6.09. The van der Waals surface area contributed by atoms with Gasteiger partial charge in [-0.2, -0.15) is 0 Å². The van der Waals surface area contributed by atoms with Crippen LogP contribution in [-0.4, -0.2) is 30.6 Å². The van der Waals surface area contributed by atoms with E-state index < -0.39 is 0 Å². The molecule has 1 heterocycles. The molecular formula is C12H21N3O2. The van der Waals surface area contributed by atoms with Crippen LogP contribution in [0.2, 0.25) is 0 Å². The van der Waals surface area contributed by atoms with E-state index in [9.17, 15) is 4.79 Å². The summed E-state index contributed by atoms with van der Waals surface area (Å²) in [5.41, 5.74) is 6.54. The Hall–Kier alpha value is -1.49. The van der Waals surface area contributed by atoms with Gasteiger partial charge in [0.15, 0.2) is 0 Å². The van der Waals surface area contributed by atoms with Crippen molar-refractivity contribution in [1.82, 2.24) is 10.3 Å². The Bertz CT molecular complexity index is 347. The van der Waals surface area contributed by atoms with E-state index in [2.05, 4.69) is 24.1 Å². The van der Waals surface area contributed by atoms with E-state index in [0.717, 1.165) is 13.0 Å². The Morgan fingerprint density at radius 2 is 2.29 bits per heavy atom. The zero-order valence-corrected chi connectivity index (χ0v) is 10.5. The van der Waals surface area contributed by atoms with Crippen molar-refractivity contribution >= 4 is 11.6 Å². The monoisotopic (exact) mass is 239 g/mol. The number of aromatic amines is 1. The molecule has 1 aromatic heterocycles. The summed E-state index contributed by atoms with van der Waals surface area (Å²) in [5.74, 6) is 0.487.